The van der Waals surface area contributed by atoms with E-state index in [1.807, 2.05) is 0 Å². The Balaban J connectivity index is 3.64. The fourth-order valence-corrected chi connectivity index (χ4v) is 6.26. The molecule has 0 aromatic heterocycles. The van der Waals surface area contributed by atoms with Crippen LogP contribution in [0.4, 0.5) is 0 Å². The minimum atomic E-state index is -4.42. The lowest BCUT2D eigenvalue weighted by Crippen LogP contribution is -2.27. The van der Waals surface area contributed by atoms with Crippen molar-refractivity contribution in [3.05, 3.63) is 48.6 Å². The summed E-state index contributed by atoms with van der Waals surface area (Å²) in [7, 11) is -4.42. The second-order valence-corrected chi connectivity index (χ2v) is 15.4. The van der Waals surface area contributed by atoms with E-state index in [9.17, 15) is 24.2 Å². The summed E-state index contributed by atoms with van der Waals surface area (Å²) in [5.74, 6) is -0.540. The van der Waals surface area contributed by atoms with Crippen molar-refractivity contribution in [2.45, 2.75) is 187 Å². The average Bonchev–Trinajstić information content (AvgIpc) is 3.14. The topological polar surface area (TPSA) is 131 Å². The highest BCUT2D eigenvalue weighted by molar-refractivity contribution is 7.47. The third kappa shape index (κ3) is 41.0. The van der Waals surface area contributed by atoms with Crippen molar-refractivity contribution in [2.75, 3.05) is 26.4 Å². The van der Waals surface area contributed by atoms with Gasteiger partial charge in [0.05, 0.1) is 13.2 Å². The summed E-state index contributed by atoms with van der Waals surface area (Å²) in [6.07, 6.45) is 44.6. The van der Waals surface area contributed by atoms with Crippen molar-refractivity contribution in [3.63, 3.8) is 0 Å². The molecule has 0 aliphatic heterocycles. The van der Waals surface area contributed by atoms with E-state index in [2.05, 4.69) is 67.8 Å². The highest BCUT2D eigenvalue weighted by atomic mass is 31.2. The van der Waals surface area contributed by atoms with Gasteiger partial charge in [-0.1, -0.05) is 140 Å². The van der Waals surface area contributed by atoms with Crippen LogP contribution >= 0.6 is 7.82 Å². The fraction of sp³-hybridized carbons (Fsp3) is 0.767. The van der Waals surface area contributed by atoms with Crippen molar-refractivity contribution in [1.82, 2.24) is 5.32 Å². The Morgan fingerprint density at radius 2 is 1.02 bits per heavy atom. The summed E-state index contributed by atoms with van der Waals surface area (Å²) in [6.45, 7) is 3.47. The van der Waals surface area contributed by atoms with Gasteiger partial charge in [-0.05, 0) is 77.0 Å². The number of carbonyl (C=O) groups excluding carboxylic acids is 2. The van der Waals surface area contributed by atoms with Crippen molar-refractivity contribution >= 4 is 19.7 Å². The minimum absolute atomic E-state index is 0.0742. The Hall–Kier alpha value is -2.03. The van der Waals surface area contributed by atoms with Crippen molar-refractivity contribution in [1.29, 1.82) is 0 Å². The molecule has 0 aromatic rings. The van der Waals surface area contributed by atoms with Gasteiger partial charge in [0.1, 0.15) is 12.7 Å². The Morgan fingerprint density at radius 1 is 0.585 bits per heavy atom. The molecule has 0 aliphatic carbocycles. The van der Waals surface area contributed by atoms with Gasteiger partial charge in [-0.15, -0.1) is 0 Å². The molecule has 0 heterocycles. The summed E-state index contributed by atoms with van der Waals surface area (Å²) in [6, 6.07) is 0. The Kier molecular flexibility index (Phi) is 38.1. The third-order valence-corrected chi connectivity index (χ3v) is 9.72. The SMILES string of the molecule is CCCCC/C=C\C/C=C\CCCCCCCCCC(=O)NCCOP(=O)(O)OCC(O)COC(=O)CCCCCCC/C=C\C/C=C\CCCCC. The zero-order valence-electron chi connectivity index (χ0n) is 33.7. The number of hydrogen-bond acceptors (Lipinski definition) is 7. The molecule has 0 aromatic carbocycles. The molecule has 10 heteroatoms. The number of unbranched alkanes of at least 4 members (excludes halogenated alkanes) is 18. The lowest BCUT2D eigenvalue weighted by molar-refractivity contribution is -0.147. The zero-order chi connectivity index (χ0) is 38.9. The molecule has 9 nitrogen and oxygen atoms in total. The summed E-state index contributed by atoms with van der Waals surface area (Å²) >= 11 is 0. The van der Waals surface area contributed by atoms with Gasteiger partial charge in [0.2, 0.25) is 5.91 Å². The van der Waals surface area contributed by atoms with Crippen LogP contribution in [0.25, 0.3) is 0 Å². The summed E-state index contributed by atoms with van der Waals surface area (Å²) in [5.41, 5.74) is 0. The number of aliphatic hydroxyl groups is 1. The molecule has 0 bridgehead atoms. The number of phosphoric ester groups is 1. The van der Waals surface area contributed by atoms with Crippen LogP contribution in [0.15, 0.2) is 48.6 Å². The van der Waals surface area contributed by atoms with Gasteiger partial charge >= 0.3 is 13.8 Å². The molecule has 0 saturated carbocycles. The summed E-state index contributed by atoms with van der Waals surface area (Å²) < 4.78 is 26.8. The number of esters is 1. The number of amides is 1. The van der Waals surface area contributed by atoms with Gasteiger partial charge in [0.25, 0.3) is 0 Å². The van der Waals surface area contributed by atoms with Gasteiger partial charge < -0.3 is 20.1 Å². The van der Waals surface area contributed by atoms with E-state index in [4.69, 9.17) is 13.8 Å². The number of aliphatic hydroxyl groups excluding tert-OH is 1. The van der Waals surface area contributed by atoms with Gasteiger partial charge in [0, 0.05) is 19.4 Å². The van der Waals surface area contributed by atoms with Crippen molar-refractivity contribution in [2.24, 2.45) is 0 Å². The highest BCUT2D eigenvalue weighted by Crippen LogP contribution is 2.42. The molecule has 2 atom stereocenters. The van der Waals surface area contributed by atoms with Crippen LogP contribution in [0.3, 0.4) is 0 Å². The Labute approximate surface area is 324 Å². The van der Waals surface area contributed by atoms with Crippen LogP contribution in [-0.4, -0.2) is 54.3 Å². The Morgan fingerprint density at radius 3 is 1.51 bits per heavy atom. The first kappa shape index (κ1) is 51.0. The van der Waals surface area contributed by atoms with Crippen LogP contribution < -0.4 is 5.32 Å². The molecule has 0 fully saturated rings. The quantitative estimate of drug-likeness (QED) is 0.0244. The largest absolute Gasteiger partial charge is 0.472 e. The lowest BCUT2D eigenvalue weighted by atomic mass is 10.1. The Bertz CT molecular complexity index is 1010. The predicted molar refractivity (Wildman–Crippen MR) is 220 cm³/mol. The first-order valence-electron chi connectivity index (χ1n) is 21.1. The predicted octanol–water partition coefficient (Wildman–Crippen LogP) is 11.5. The summed E-state index contributed by atoms with van der Waals surface area (Å²) in [4.78, 5) is 33.9. The molecular weight excluding hydrogens is 689 g/mol. The van der Waals surface area contributed by atoms with Crippen LogP contribution in [-0.2, 0) is 27.9 Å². The summed E-state index contributed by atoms with van der Waals surface area (Å²) in [5, 5.41) is 12.7. The zero-order valence-corrected chi connectivity index (χ0v) is 34.6. The van der Waals surface area contributed by atoms with Crippen LogP contribution in [0, 0.1) is 0 Å². The van der Waals surface area contributed by atoms with Crippen molar-refractivity contribution < 1.29 is 37.9 Å². The maximum atomic E-state index is 12.1. The number of phosphoric acid groups is 1. The number of ether oxygens (including phenoxy) is 1. The molecule has 0 radical (unpaired) electrons. The average molecular weight is 768 g/mol. The molecule has 2 unspecified atom stereocenters. The van der Waals surface area contributed by atoms with E-state index in [0.717, 1.165) is 77.0 Å². The second kappa shape index (κ2) is 39.7. The smallest absolute Gasteiger partial charge is 0.463 e. The minimum Gasteiger partial charge on any atom is -0.463 e. The molecule has 0 saturated heterocycles. The standard InChI is InChI=1S/C43H78NO8P/c1-3-5-7-9-11-13-15-17-19-20-22-23-25-27-29-31-33-35-42(46)44-37-38-51-53(48,49)52-40-41(45)39-50-43(47)36-34-32-30-28-26-24-21-18-16-14-12-10-8-6-4-2/h11-14,17-19,21,41,45H,3-10,15-16,20,22-40H2,1-2H3,(H,44,46)(H,48,49)/b13-11-,14-12-,19-17-,21-18-. The molecular formula is C43H78NO8P. The normalized spacial score (nSPS) is 13.8. The number of allylic oxidation sites excluding steroid dienone is 8. The second-order valence-electron chi connectivity index (χ2n) is 14.0. The lowest BCUT2D eigenvalue weighted by Gasteiger charge is -2.15. The van der Waals surface area contributed by atoms with Crippen LogP contribution in [0.2, 0.25) is 0 Å². The third-order valence-electron chi connectivity index (χ3n) is 8.73. The van der Waals surface area contributed by atoms with Gasteiger partial charge in [-0.3, -0.25) is 18.6 Å². The van der Waals surface area contributed by atoms with E-state index >= 15 is 0 Å². The highest BCUT2D eigenvalue weighted by Gasteiger charge is 2.23. The van der Waals surface area contributed by atoms with Gasteiger partial charge in [-0.2, -0.15) is 0 Å². The maximum Gasteiger partial charge on any atom is 0.472 e. The van der Waals surface area contributed by atoms with E-state index in [0.29, 0.717) is 6.42 Å². The van der Waals surface area contributed by atoms with E-state index in [1.165, 1.54) is 77.0 Å². The monoisotopic (exact) mass is 768 g/mol. The number of carbonyl (C=O) groups is 2. The van der Waals surface area contributed by atoms with E-state index in [-0.39, 0.29) is 32.1 Å². The number of nitrogens with one attached hydrogen (secondary N) is 1. The van der Waals surface area contributed by atoms with E-state index < -0.39 is 26.5 Å². The fourth-order valence-electron chi connectivity index (χ4n) is 5.50. The van der Waals surface area contributed by atoms with Crippen LogP contribution in [0.1, 0.15) is 181 Å². The van der Waals surface area contributed by atoms with E-state index in [1.54, 1.807) is 0 Å². The molecule has 0 aliphatic rings. The molecule has 3 N–H and O–H groups in total. The first-order chi connectivity index (χ1) is 25.8. The molecule has 0 rings (SSSR count). The van der Waals surface area contributed by atoms with Crippen molar-refractivity contribution in [3.8, 4) is 0 Å². The van der Waals surface area contributed by atoms with Crippen LogP contribution in [0.5, 0.6) is 0 Å². The number of hydrogen-bond donors (Lipinski definition) is 3. The molecule has 0 spiro atoms. The maximum absolute atomic E-state index is 12.1. The van der Waals surface area contributed by atoms with Gasteiger partial charge in [0.15, 0.2) is 0 Å². The number of rotatable bonds is 39. The molecule has 1 amide bonds. The molecule has 53 heavy (non-hydrogen) atoms. The first-order valence-corrected chi connectivity index (χ1v) is 22.6. The van der Waals surface area contributed by atoms with Gasteiger partial charge in [-0.25, -0.2) is 4.57 Å². The molecule has 308 valence electrons.